The van der Waals surface area contributed by atoms with E-state index in [0.29, 0.717) is 5.84 Å². The number of hydrazine groups is 1. The zero-order valence-corrected chi connectivity index (χ0v) is 15.5. The molecule has 0 saturated carbocycles. The SMILES string of the molecule is COc1ccc(-c2[c-]cc(C(=NCCO)NN)cc2)c([CH]=[Ni])c1.[CH2-]CO. The summed E-state index contributed by atoms with van der Waals surface area (Å²) in [4.78, 5) is 5.82. The van der Waals surface area contributed by atoms with E-state index >= 15 is 0 Å². The molecule has 2 rings (SSSR count). The van der Waals surface area contributed by atoms with Crippen LogP contribution >= 0.6 is 0 Å². The first-order valence-corrected chi connectivity index (χ1v) is 8.34. The number of nitrogens with two attached hydrogens (primary N) is 1. The summed E-state index contributed by atoms with van der Waals surface area (Å²) >= 11 is 4.77. The van der Waals surface area contributed by atoms with Crippen LogP contribution in [0.2, 0.25) is 0 Å². The second-order valence-corrected chi connectivity index (χ2v) is 5.14. The molecule has 0 bridgehead atoms. The molecule has 144 valence electrons. The minimum Gasteiger partial charge on any atom is -0.428 e. The predicted molar refractivity (Wildman–Crippen MR) is 101 cm³/mol. The zero-order chi connectivity index (χ0) is 19.4. The van der Waals surface area contributed by atoms with Crippen molar-refractivity contribution in [1.82, 2.24) is 5.43 Å². The average molecular weight is 400 g/mol. The van der Waals surface area contributed by atoms with Gasteiger partial charge in [0.2, 0.25) is 0 Å². The second kappa shape index (κ2) is 12.3. The molecule has 0 aromatic heterocycles. The third-order valence-corrected chi connectivity index (χ3v) is 3.55. The van der Waals surface area contributed by atoms with E-state index in [1.54, 1.807) is 18.2 Å². The molecule has 0 heterocycles. The fourth-order valence-corrected chi connectivity index (χ4v) is 2.35. The number of nitrogens with zero attached hydrogens (tertiary/aromatic N) is 1. The molecule has 0 unspecified atom stereocenters. The van der Waals surface area contributed by atoms with E-state index in [2.05, 4.69) is 23.4 Å². The summed E-state index contributed by atoms with van der Waals surface area (Å²) < 4.78 is 5.22. The van der Waals surface area contributed by atoms with Crippen molar-refractivity contribution in [3.8, 4) is 16.9 Å². The zero-order valence-electron chi connectivity index (χ0n) is 14.5. The Bertz CT molecular complexity index is 718. The van der Waals surface area contributed by atoms with Crippen LogP contribution in [0.25, 0.3) is 11.1 Å². The Balaban J connectivity index is 0.00000105. The third-order valence-electron chi connectivity index (χ3n) is 3.24. The number of methoxy groups -OCH3 is 1. The maximum atomic E-state index is 8.84. The normalized spacial score (nSPS) is 10.7. The predicted octanol–water partition coefficient (Wildman–Crippen LogP) is 0.874. The number of aliphatic imine (C=N–C) groups is 1. The molecule has 26 heavy (non-hydrogen) atoms. The Morgan fingerprint density at radius 3 is 2.62 bits per heavy atom. The van der Waals surface area contributed by atoms with Crippen molar-refractivity contribution >= 4 is 10.8 Å². The molecule has 0 saturated heterocycles. The standard InChI is InChI=1S/C17H18N3O2.C2H5O.Ni/c1-12-11-15(22-2)7-8-16(12)13-3-5-14(6-4-13)17(20-18)19-9-10-21;1-2-3;/h1,3,5-8,11,21H,9-10,18H2,2H3,(H,19,20);3H,1-2H2;/q2*-1;. The molecule has 0 fully saturated rings. The van der Waals surface area contributed by atoms with E-state index in [1.165, 1.54) is 0 Å². The average Bonchev–Trinajstić information content (AvgIpc) is 2.69. The number of aliphatic hydroxyl groups excluding tert-OH is 2. The fourth-order valence-electron chi connectivity index (χ4n) is 2.11. The van der Waals surface area contributed by atoms with Crippen LogP contribution in [0.1, 0.15) is 11.1 Å². The van der Waals surface area contributed by atoms with Gasteiger partial charge in [-0.25, -0.2) is 0 Å². The summed E-state index contributed by atoms with van der Waals surface area (Å²) in [5.41, 5.74) is 6.14. The minimum atomic E-state index is -0.0297. The van der Waals surface area contributed by atoms with Crippen LogP contribution in [0.3, 0.4) is 0 Å². The number of nitrogens with one attached hydrogen (secondary N) is 1. The molecular formula is C19H23N3NiO3-2. The molecular weight excluding hydrogens is 377 g/mol. The first-order chi connectivity index (χ1) is 12.6. The molecule has 0 amide bonds. The first-order valence-electron chi connectivity index (χ1n) is 7.77. The van der Waals surface area contributed by atoms with Crippen molar-refractivity contribution in [2.45, 2.75) is 0 Å². The molecule has 0 aliphatic rings. The molecule has 6 nitrogen and oxygen atoms in total. The van der Waals surface area contributed by atoms with Crippen molar-refractivity contribution in [2.24, 2.45) is 10.8 Å². The Kier molecular flexibility index (Phi) is 10.4. The van der Waals surface area contributed by atoms with Gasteiger partial charge >= 0.3 is 143 Å². The van der Waals surface area contributed by atoms with E-state index in [9.17, 15) is 0 Å². The molecule has 0 spiro atoms. The number of hydrogen-bond acceptors (Lipinski definition) is 5. The van der Waals surface area contributed by atoms with E-state index in [-0.39, 0.29) is 19.8 Å². The van der Waals surface area contributed by atoms with E-state index in [4.69, 9.17) is 35.8 Å². The largest absolute Gasteiger partial charge is 0.428 e. The Morgan fingerprint density at radius 2 is 2.12 bits per heavy atom. The number of hydrogen-bond donors (Lipinski definition) is 4. The molecule has 2 aromatic rings. The second-order valence-electron chi connectivity index (χ2n) is 4.86. The number of ether oxygens (including phenoxy) is 1. The topological polar surface area (TPSA) is 100 Å². The Morgan fingerprint density at radius 1 is 1.38 bits per heavy atom. The quantitative estimate of drug-likeness (QED) is 0.144. The molecule has 2 aromatic carbocycles. The van der Waals surface area contributed by atoms with E-state index in [0.717, 1.165) is 28.0 Å². The molecule has 0 atom stereocenters. The summed E-state index contributed by atoms with van der Waals surface area (Å²) in [5, 5.41) is 16.3. The van der Waals surface area contributed by atoms with Gasteiger partial charge in [-0.15, -0.1) is 0 Å². The van der Waals surface area contributed by atoms with Crippen molar-refractivity contribution in [1.29, 1.82) is 0 Å². The van der Waals surface area contributed by atoms with Gasteiger partial charge in [0.05, 0.1) is 0 Å². The summed E-state index contributed by atoms with van der Waals surface area (Å²) in [6.45, 7) is 3.30. The van der Waals surface area contributed by atoms with Gasteiger partial charge in [0.1, 0.15) is 0 Å². The molecule has 0 aliphatic carbocycles. The number of aliphatic hydroxyl groups is 2. The molecule has 0 radical (unpaired) electrons. The van der Waals surface area contributed by atoms with Crippen LogP contribution in [0.15, 0.2) is 41.4 Å². The summed E-state index contributed by atoms with van der Waals surface area (Å²) in [5.74, 6) is 6.74. The fraction of sp³-hybridized carbons (Fsp3) is 0.211. The molecule has 7 heteroatoms. The number of amidine groups is 1. The molecule has 0 aliphatic heterocycles. The Labute approximate surface area is 161 Å². The maximum absolute atomic E-state index is 8.84. The third kappa shape index (κ3) is 6.35. The van der Waals surface area contributed by atoms with Crippen molar-refractivity contribution in [3.63, 3.8) is 0 Å². The van der Waals surface area contributed by atoms with Crippen LogP contribution < -0.4 is 16.0 Å². The van der Waals surface area contributed by atoms with E-state index < -0.39 is 0 Å². The first kappa shape index (κ1) is 22.0. The number of rotatable bonds is 6. The van der Waals surface area contributed by atoms with Gasteiger partial charge in [-0.3, -0.25) is 0 Å². The van der Waals surface area contributed by atoms with Gasteiger partial charge in [-0.1, -0.05) is 6.61 Å². The minimum absolute atomic E-state index is 0. The Hall–Kier alpha value is -2.05. The smallest absolute Gasteiger partial charge is 0.0827 e. The van der Waals surface area contributed by atoms with Gasteiger partial charge in [-0.2, -0.15) is 0 Å². The van der Waals surface area contributed by atoms with Gasteiger partial charge in [0.25, 0.3) is 0 Å². The van der Waals surface area contributed by atoms with Crippen molar-refractivity contribution < 1.29 is 30.0 Å². The summed E-state index contributed by atoms with van der Waals surface area (Å²) in [6, 6.07) is 14.6. The van der Waals surface area contributed by atoms with Crippen LogP contribution in [0.5, 0.6) is 5.75 Å². The van der Waals surface area contributed by atoms with Crippen LogP contribution in [-0.2, 0) is 15.0 Å². The molecule has 5 N–H and O–H groups in total. The van der Waals surface area contributed by atoms with Gasteiger partial charge in [0.15, 0.2) is 0 Å². The van der Waals surface area contributed by atoms with E-state index in [1.807, 2.05) is 30.3 Å². The van der Waals surface area contributed by atoms with Crippen molar-refractivity contribution in [3.05, 3.63) is 60.5 Å². The maximum Gasteiger partial charge on any atom is -0.0827 e. The van der Waals surface area contributed by atoms with Crippen LogP contribution in [-0.4, -0.2) is 47.9 Å². The van der Waals surface area contributed by atoms with Crippen LogP contribution in [0, 0.1) is 13.0 Å². The summed E-state index contributed by atoms with van der Waals surface area (Å²) in [6.07, 6.45) is 0. The van der Waals surface area contributed by atoms with Gasteiger partial charge in [0, 0.05) is 0 Å². The van der Waals surface area contributed by atoms with Gasteiger partial charge in [-0.05, 0) is 0 Å². The van der Waals surface area contributed by atoms with Gasteiger partial charge < -0.3 is 12.0 Å². The van der Waals surface area contributed by atoms with Crippen LogP contribution in [0.4, 0.5) is 0 Å². The van der Waals surface area contributed by atoms with Crippen molar-refractivity contribution in [2.75, 3.05) is 26.9 Å². The monoisotopic (exact) mass is 399 g/mol. The number of benzene rings is 2. The summed E-state index contributed by atoms with van der Waals surface area (Å²) in [7, 11) is 1.62.